The first-order valence-electron chi connectivity index (χ1n) is 9.32. The Hall–Kier alpha value is -1.61. The van der Waals surface area contributed by atoms with E-state index in [-0.39, 0.29) is 0 Å². The van der Waals surface area contributed by atoms with E-state index < -0.39 is 0 Å². The van der Waals surface area contributed by atoms with Crippen LogP contribution in [0.15, 0.2) is 54.6 Å². The third-order valence-electron chi connectivity index (χ3n) is 5.36. The molecule has 1 aliphatic heterocycles. The summed E-state index contributed by atoms with van der Waals surface area (Å²) in [4.78, 5) is 5.64. The van der Waals surface area contributed by atoms with Crippen LogP contribution in [0.1, 0.15) is 45.0 Å². The van der Waals surface area contributed by atoms with E-state index in [9.17, 15) is 0 Å². The number of fused-ring (bicyclic) bond motifs is 1. The van der Waals surface area contributed by atoms with Crippen molar-refractivity contribution in [2.75, 3.05) is 6.54 Å². The van der Waals surface area contributed by atoms with Gasteiger partial charge in [-0.25, -0.2) is 0 Å². The average Bonchev–Trinajstić information content (AvgIpc) is 2.97. The molecule has 0 saturated carbocycles. The number of nitrogens with zero attached hydrogens (tertiary/aromatic N) is 1. The molecule has 0 saturated heterocycles. The Morgan fingerprint density at radius 2 is 1.92 bits per heavy atom. The number of rotatable bonds is 4. The summed E-state index contributed by atoms with van der Waals surface area (Å²) in [6.45, 7) is 6.58. The topological polar surface area (TPSA) is 3.24 Å². The quantitative estimate of drug-likeness (QED) is 0.504. The largest absolute Gasteiger partial charge is 0.287 e. The van der Waals surface area contributed by atoms with E-state index in [1.54, 1.807) is 16.0 Å². The monoisotopic (exact) mass is 381 g/mol. The van der Waals surface area contributed by atoms with Crippen LogP contribution >= 0.6 is 22.9 Å². The summed E-state index contributed by atoms with van der Waals surface area (Å²) in [5, 5.41) is 0.816. The van der Waals surface area contributed by atoms with Crippen molar-refractivity contribution >= 4 is 22.9 Å². The molecule has 0 N–H and O–H groups in total. The fourth-order valence-corrected chi connectivity index (χ4v) is 5.87. The average molecular weight is 382 g/mol. The van der Waals surface area contributed by atoms with E-state index in [4.69, 9.17) is 11.6 Å². The fourth-order valence-electron chi connectivity index (χ4n) is 4.19. The molecule has 0 bridgehead atoms. The lowest BCUT2D eigenvalue weighted by Gasteiger charge is -2.36. The van der Waals surface area contributed by atoms with E-state index in [1.165, 1.54) is 16.0 Å². The molecule has 1 nitrogen and oxygen atoms in total. The summed E-state index contributed by atoms with van der Waals surface area (Å²) >= 11 is 8.22. The zero-order chi connectivity index (χ0) is 18.1. The summed E-state index contributed by atoms with van der Waals surface area (Å²) in [6, 6.07) is 19.6. The molecule has 3 heteroatoms. The van der Waals surface area contributed by atoms with E-state index in [0.717, 1.165) is 31.0 Å². The van der Waals surface area contributed by atoms with Crippen LogP contribution in [-0.2, 0) is 19.4 Å². The van der Waals surface area contributed by atoms with Crippen molar-refractivity contribution in [3.8, 4) is 0 Å². The van der Waals surface area contributed by atoms with Crippen LogP contribution in [0.4, 0.5) is 0 Å². The lowest BCUT2D eigenvalue weighted by Crippen LogP contribution is -2.35. The molecule has 3 aromatic rings. The predicted molar refractivity (Wildman–Crippen MR) is 112 cm³/mol. The molecule has 0 unspecified atom stereocenters. The molecule has 1 atom stereocenters. The molecule has 134 valence electrons. The Morgan fingerprint density at radius 3 is 2.65 bits per heavy atom. The van der Waals surface area contributed by atoms with Gasteiger partial charge in [0.25, 0.3) is 0 Å². The van der Waals surface area contributed by atoms with Gasteiger partial charge in [0.05, 0.1) is 6.04 Å². The minimum absolute atomic E-state index is 0.336. The number of halogens is 1. The second-order valence-electron chi connectivity index (χ2n) is 7.00. The zero-order valence-electron chi connectivity index (χ0n) is 15.3. The van der Waals surface area contributed by atoms with Gasteiger partial charge < -0.3 is 0 Å². The summed E-state index contributed by atoms with van der Waals surface area (Å²) in [5.74, 6) is 0. The smallest absolute Gasteiger partial charge is 0.0702 e. The molecule has 0 spiro atoms. The first kappa shape index (κ1) is 17.8. The van der Waals surface area contributed by atoms with Gasteiger partial charge in [0.2, 0.25) is 0 Å². The highest BCUT2D eigenvalue weighted by Gasteiger charge is 2.32. The van der Waals surface area contributed by atoms with Gasteiger partial charge in [-0.2, -0.15) is 0 Å². The van der Waals surface area contributed by atoms with Gasteiger partial charge in [0, 0.05) is 27.9 Å². The molecule has 0 radical (unpaired) electrons. The van der Waals surface area contributed by atoms with Crippen molar-refractivity contribution < 1.29 is 0 Å². The Labute approximate surface area is 165 Å². The van der Waals surface area contributed by atoms with Crippen molar-refractivity contribution in [2.24, 2.45) is 0 Å². The van der Waals surface area contributed by atoms with Crippen LogP contribution < -0.4 is 0 Å². The maximum Gasteiger partial charge on any atom is 0.0702 e. The summed E-state index contributed by atoms with van der Waals surface area (Å²) in [7, 11) is 0. The van der Waals surface area contributed by atoms with Crippen LogP contribution in [0.25, 0.3) is 0 Å². The van der Waals surface area contributed by atoms with Crippen molar-refractivity contribution in [1.82, 2.24) is 4.90 Å². The van der Waals surface area contributed by atoms with E-state index >= 15 is 0 Å². The highest BCUT2D eigenvalue weighted by molar-refractivity contribution is 7.12. The predicted octanol–water partition coefficient (Wildman–Crippen LogP) is 6.42. The van der Waals surface area contributed by atoms with Gasteiger partial charge >= 0.3 is 0 Å². The zero-order valence-corrected chi connectivity index (χ0v) is 16.9. The van der Waals surface area contributed by atoms with Crippen LogP contribution in [0.5, 0.6) is 0 Å². The van der Waals surface area contributed by atoms with Crippen LogP contribution in [0.3, 0.4) is 0 Å². The fraction of sp³-hybridized carbons (Fsp3) is 0.304. The number of hydrogen-bond donors (Lipinski definition) is 0. The normalized spacial score (nSPS) is 17.3. The number of hydrogen-bond acceptors (Lipinski definition) is 2. The molecular weight excluding hydrogens is 358 g/mol. The van der Waals surface area contributed by atoms with Gasteiger partial charge in [-0.15, -0.1) is 11.3 Å². The van der Waals surface area contributed by atoms with Crippen molar-refractivity contribution in [2.45, 2.75) is 39.3 Å². The van der Waals surface area contributed by atoms with Crippen molar-refractivity contribution in [1.29, 1.82) is 0 Å². The lowest BCUT2D eigenvalue weighted by atomic mass is 9.91. The highest BCUT2D eigenvalue weighted by Crippen LogP contribution is 2.43. The van der Waals surface area contributed by atoms with Crippen molar-refractivity contribution in [3.63, 3.8) is 0 Å². The van der Waals surface area contributed by atoms with Crippen LogP contribution in [-0.4, -0.2) is 11.4 Å². The van der Waals surface area contributed by atoms with Gasteiger partial charge in [-0.3, -0.25) is 4.90 Å². The standard InChI is InChI=1S/C23H24ClNS/c1-3-20-16(2)26-23-21(20)12-13-25(15-17-8-7-11-19(24)14-17)22(23)18-9-5-4-6-10-18/h4-11,14,22H,3,12-13,15H2,1-2H3/t22-/m1/s1. The molecule has 26 heavy (non-hydrogen) atoms. The van der Waals surface area contributed by atoms with Gasteiger partial charge in [-0.05, 0) is 54.2 Å². The molecule has 1 aliphatic rings. The minimum Gasteiger partial charge on any atom is -0.287 e. The third kappa shape index (κ3) is 3.34. The number of aryl methyl sites for hydroxylation is 1. The number of thiophene rings is 1. The first-order chi connectivity index (χ1) is 12.7. The third-order valence-corrected chi connectivity index (χ3v) is 6.83. The van der Waals surface area contributed by atoms with E-state index in [2.05, 4.69) is 67.3 Å². The molecule has 0 amide bonds. The molecule has 2 heterocycles. The van der Waals surface area contributed by atoms with Gasteiger partial charge in [0.1, 0.15) is 0 Å². The second-order valence-corrected chi connectivity index (χ2v) is 8.69. The molecule has 1 aromatic heterocycles. The Kier molecular flexibility index (Phi) is 5.17. The maximum absolute atomic E-state index is 6.22. The van der Waals surface area contributed by atoms with Crippen LogP contribution in [0, 0.1) is 6.92 Å². The summed E-state index contributed by atoms with van der Waals surface area (Å²) in [5.41, 5.74) is 5.85. The molecule has 4 rings (SSSR count). The SMILES string of the molecule is CCc1c(C)sc2c1CCN(Cc1cccc(Cl)c1)[C@@H]2c1ccccc1. The second kappa shape index (κ2) is 7.56. The first-order valence-corrected chi connectivity index (χ1v) is 10.5. The van der Waals surface area contributed by atoms with E-state index in [0.29, 0.717) is 6.04 Å². The Balaban J connectivity index is 1.76. The molecule has 2 aromatic carbocycles. The summed E-state index contributed by atoms with van der Waals surface area (Å²) in [6.07, 6.45) is 2.28. The van der Waals surface area contributed by atoms with Crippen LogP contribution in [0.2, 0.25) is 5.02 Å². The Bertz CT molecular complexity index is 900. The molecule has 0 aliphatic carbocycles. The summed E-state index contributed by atoms with van der Waals surface area (Å²) < 4.78 is 0. The highest BCUT2D eigenvalue weighted by atomic mass is 35.5. The van der Waals surface area contributed by atoms with E-state index in [1.807, 2.05) is 17.4 Å². The van der Waals surface area contributed by atoms with Gasteiger partial charge in [0.15, 0.2) is 0 Å². The number of benzene rings is 2. The Morgan fingerprint density at radius 1 is 1.12 bits per heavy atom. The van der Waals surface area contributed by atoms with Gasteiger partial charge in [-0.1, -0.05) is 61.0 Å². The molecule has 0 fully saturated rings. The molecular formula is C23H24ClNS. The minimum atomic E-state index is 0.336. The lowest BCUT2D eigenvalue weighted by molar-refractivity contribution is 0.207. The maximum atomic E-state index is 6.22. The van der Waals surface area contributed by atoms with Crippen molar-refractivity contribution in [3.05, 3.63) is 91.6 Å².